The quantitative estimate of drug-likeness (QED) is 0.582. The number of rotatable bonds is 3. The van der Waals surface area contributed by atoms with Crippen molar-refractivity contribution in [1.82, 2.24) is 4.98 Å². The number of hydrogen-bond acceptors (Lipinski definition) is 5. The topological polar surface area (TPSA) is 68.1 Å². The monoisotopic (exact) mass is 289 g/mol. The van der Waals surface area contributed by atoms with Crippen LogP contribution in [0.25, 0.3) is 10.2 Å². The third-order valence-corrected chi connectivity index (χ3v) is 3.61. The van der Waals surface area contributed by atoms with Crippen LogP contribution in [0, 0.1) is 15.9 Å². The molecule has 0 saturated heterocycles. The third-order valence-electron chi connectivity index (χ3n) is 2.68. The van der Waals surface area contributed by atoms with Gasteiger partial charge in [-0.3, -0.25) is 10.1 Å². The molecule has 0 aliphatic rings. The molecular weight excluding hydrogens is 281 g/mol. The zero-order valence-electron chi connectivity index (χ0n) is 10.0. The van der Waals surface area contributed by atoms with E-state index >= 15 is 0 Å². The number of halogens is 1. The van der Waals surface area contributed by atoms with Gasteiger partial charge in [0.2, 0.25) is 0 Å². The van der Waals surface area contributed by atoms with Gasteiger partial charge in [0.15, 0.2) is 5.13 Å². The second-order valence-corrected chi connectivity index (χ2v) is 5.09. The summed E-state index contributed by atoms with van der Waals surface area (Å²) in [5.74, 6) is -0.310. The Morgan fingerprint density at radius 3 is 2.65 bits per heavy atom. The highest BCUT2D eigenvalue weighted by atomic mass is 32.1. The van der Waals surface area contributed by atoms with Crippen LogP contribution in [0.4, 0.5) is 20.9 Å². The SMILES string of the molecule is O=[N+]([O-])c1ccc2nc(Nc3ccc(F)cc3)sc2c1. The molecule has 100 valence electrons. The predicted molar refractivity (Wildman–Crippen MR) is 76.0 cm³/mol. The van der Waals surface area contributed by atoms with Crippen LogP contribution in [0.2, 0.25) is 0 Å². The van der Waals surface area contributed by atoms with E-state index in [-0.39, 0.29) is 11.5 Å². The van der Waals surface area contributed by atoms with Crippen molar-refractivity contribution >= 4 is 38.1 Å². The molecular formula is C13H8FN3O2S. The van der Waals surface area contributed by atoms with Gasteiger partial charge >= 0.3 is 0 Å². The smallest absolute Gasteiger partial charge is 0.270 e. The molecule has 0 radical (unpaired) electrons. The second kappa shape index (κ2) is 4.86. The number of nitrogens with one attached hydrogen (secondary N) is 1. The molecule has 0 aliphatic heterocycles. The Kier molecular flexibility index (Phi) is 3.03. The van der Waals surface area contributed by atoms with Gasteiger partial charge in [0.25, 0.3) is 5.69 Å². The number of fused-ring (bicyclic) bond motifs is 1. The molecule has 3 rings (SSSR count). The van der Waals surface area contributed by atoms with Gasteiger partial charge in [-0.2, -0.15) is 0 Å². The van der Waals surface area contributed by atoms with Crippen LogP contribution in [-0.4, -0.2) is 9.91 Å². The molecule has 1 N–H and O–H groups in total. The molecule has 2 aromatic carbocycles. The normalized spacial score (nSPS) is 10.7. The maximum Gasteiger partial charge on any atom is 0.270 e. The maximum absolute atomic E-state index is 12.8. The van der Waals surface area contributed by atoms with Gasteiger partial charge in [0, 0.05) is 17.8 Å². The first-order valence-electron chi connectivity index (χ1n) is 5.69. The minimum Gasteiger partial charge on any atom is -0.332 e. The van der Waals surface area contributed by atoms with E-state index in [1.165, 1.54) is 35.6 Å². The number of non-ortho nitro benzene ring substituents is 1. The Balaban J connectivity index is 1.92. The van der Waals surface area contributed by atoms with E-state index in [9.17, 15) is 14.5 Å². The first-order valence-corrected chi connectivity index (χ1v) is 6.51. The average Bonchev–Trinajstić information content (AvgIpc) is 2.82. The van der Waals surface area contributed by atoms with Crippen LogP contribution in [0.15, 0.2) is 42.5 Å². The highest BCUT2D eigenvalue weighted by Gasteiger charge is 2.10. The summed E-state index contributed by atoms with van der Waals surface area (Å²) in [5.41, 5.74) is 1.43. The summed E-state index contributed by atoms with van der Waals surface area (Å²) in [6.45, 7) is 0. The van der Waals surface area contributed by atoms with Crippen LogP contribution in [-0.2, 0) is 0 Å². The lowest BCUT2D eigenvalue weighted by atomic mass is 10.3. The Morgan fingerprint density at radius 2 is 1.95 bits per heavy atom. The van der Waals surface area contributed by atoms with E-state index in [4.69, 9.17) is 0 Å². The number of thiazole rings is 1. The Morgan fingerprint density at radius 1 is 1.20 bits per heavy atom. The molecule has 0 unspecified atom stereocenters. The summed E-state index contributed by atoms with van der Waals surface area (Å²) in [5, 5.41) is 14.4. The van der Waals surface area contributed by atoms with E-state index in [0.29, 0.717) is 16.3 Å². The average molecular weight is 289 g/mol. The van der Waals surface area contributed by atoms with Gasteiger partial charge < -0.3 is 5.32 Å². The zero-order valence-corrected chi connectivity index (χ0v) is 10.9. The first kappa shape index (κ1) is 12.5. The summed E-state index contributed by atoms with van der Waals surface area (Å²) >= 11 is 1.31. The Hall–Kier alpha value is -2.54. The van der Waals surface area contributed by atoms with Crippen LogP contribution < -0.4 is 5.32 Å². The summed E-state index contributed by atoms with van der Waals surface area (Å²) in [6.07, 6.45) is 0. The van der Waals surface area contributed by atoms with E-state index in [2.05, 4.69) is 10.3 Å². The molecule has 7 heteroatoms. The van der Waals surface area contributed by atoms with Crippen molar-refractivity contribution in [3.05, 3.63) is 58.4 Å². The lowest BCUT2D eigenvalue weighted by Crippen LogP contribution is -1.88. The Bertz CT molecular complexity index is 786. The van der Waals surface area contributed by atoms with E-state index in [0.717, 1.165) is 4.70 Å². The van der Waals surface area contributed by atoms with Crippen LogP contribution in [0.3, 0.4) is 0 Å². The summed E-state index contributed by atoms with van der Waals surface area (Å²) in [6, 6.07) is 10.4. The number of nitro benzene ring substituents is 1. The first-order chi connectivity index (χ1) is 9.61. The van der Waals surface area contributed by atoms with E-state index < -0.39 is 4.92 Å². The lowest BCUT2D eigenvalue weighted by Gasteiger charge is -2.00. The number of nitro groups is 1. The van der Waals surface area contributed by atoms with E-state index in [1.54, 1.807) is 18.2 Å². The molecule has 20 heavy (non-hydrogen) atoms. The fourth-order valence-electron chi connectivity index (χ4n) is 1.74. The van der Waals surface area contributed by atoms with Crippen molar-refractivity contribution < 1.29 is 9.31 Å². The molecule has 0 spiro atoms. The van der Waals surface area contributed by atoms with Crippen molar-refractivity contribution in [2.75, 3.05) is 5.32 Å². The fourth-order valence-corrected chi connectivity index (χ4v) is 2.66. The number of benzene rings is 2. The molecule has 0 saturated carbocycles. The maximum atomic E-state index is 12.8. The zero-order chi connectivity index (χ0) is 14.1. The van der Waals surface area contributed by atoms with Gasteiger partial charge in [0.05, 0.1) is 15.1 Å². The van der Waals surface area contributed by atoms with Gasteiger partial charge in [0.1, 0.15) is 5.82 Å². The molecule has 0 atom stereocenters. The van der Waals surface area contributed by atoms with Crippen LogP contribution in [0.5, 0.6) is 0 Å². The van der Waals surface area contributed by atoms with Crippen LogP contribution >= 0.6 is 11.3 Å². The predicted octanol–water partition coefficient (Wildman–Crippen LogP) is 4.09. The van der Waals surface area contributed by atoms with Crippen molar-refractivity contribution in [3.63, 3.8) is 0 Å². The highest BCUT2D eigenvalue weighted by Crippen LogP contribution is 2.30. The van der Waals surface area contributed by atoms with Crippen molar-refractivity contribution in [1.29, 1.82) is 0 Å². The van der Waals surface area contributed by atoms with Gasteiger partial charge in [-0.25, -0.2) is 9.37 Å². The third kappa shape index (κ3) is 2.43. The summed E-state index contributed by atoms with van der Waals surface area (Å²) in [7, 11) is 0. The fraction of sp³-hybridized carbons (Fsp3) is 0. The molecule has 1 aromatic heterocycles. The second-order valence-electron chi connectivity index (χ2n) is 4.06. The van der Waals surface area contributed by atoms with Gasteiger partial charge in [-0.1, -0.05) is 11.3 Å². The largest absolute Gasteiger partial charge is 0.332 e. The summed E-state index contributed by atoms with van der Waals surface area (Å²) < 4.78 is 13.5. The van der Waals surface area contributed by atoms with Gasteiger partial charge in [-0.05, 0) is 30.3 Å². The highest BCUT2D eigenvalue weighted by molar-refractivity contribution is 7.22. The van der Waals surface area contributed by atoms with Crippen LogP contribution in [0.1, 0.15) is 0 Å². The van der Waals surface area contributed by atoms with Crippen molar-refractivity contribution in [2.24, 2.45) is 0 Å². The Labute approximate surface area is 116 Å². The lowest BCUT2D eigenvalue weighted by molar-refractivity contribution is -0.384. The molecule has 3 aromatic rings. The van der Waals surface area contributed by atoms with Gasteiger partial charge in [-0.15, -0.1) is 0 Å². The minimum atomic E-state index is -0.438. The number of anilines is 2. The minimum absolute atomic E-state index is 0.0366. The number of aromatic nitrogens is 1. The standard InChI is InChI=1S/C13H8FN3O2S/c14-8-1-3-9(4-2-8)15-13-16-11-6-5-10(17(18)19)7-12(11)20-13/h1-7H,(H,15,16). The molecule has 5 nitrogen and oxygen atoms in total. The summed E-state index contributed by atoms with van der Waals surface area (Å²) in [4.78, 5) is 14.6. The van der Waals surface area contributed by atoms with Crippen molar-refractivity contribution in [3.8, 4) is 0 Å². The molecule has 0 amide bonds. The molecule has 0 bridgehead atoms. The molecule has 0 fully saturated rings. The van der Waals surface area contributed by atoms with Crippen molar-refractivity contribution in [2.45, 2.75) is 0 Å². The molecule has 0 aliphatic carbocycles. The molecule has 1 heterocycles. The number of hydrogen-bond donors (Lipinski definition) is 1. The van der Waals surface area contributed by atoms with E-state index in [1.807, 2.05) is 0 Å². The number of nitrogens with zero attached hydrogens (tertiary/aromatic N) is 2.